The maximum atomic E-state index is 12.0. The lowest BCUT2D eigenvalue weighted by molar-refractivity contribution is -0.146. The molecule has 33 heavy (non-hydrogen) atoms. The van der Waals surface area contributed by atoms with Crippen molar-refractivity contribution in [2.75, 3.05) is 13.7 Å². The maximum absolute atomic E-state index is 12.0. The van der Waals surface area contributed by atoms with Crippen molar-refractivity contribution in [1.82, 2.24) is 9.88 Å². The van der Waals surface area contributed by atoms with Crippen LogP contribution in [-0.2, 0) is 17.8 Å². The smallest absolute Gasteiger partial charge is 0.320 e. The molecule has 6 nitrogen and oxygen atoms in total. The third-order valence-corrected chi connectivity index (χ3v) is 6.17. The van der Waals surface area contributed by atoms with E-state index in [1.807, 2.05) is 66.7 Å². The highest BCUT2D eigenvalue weighted by Gasteiger charge is 2.34. The summed E-state index contributed by atoms with van der Waals surface area (Å²) in [7, 11) is 1.63. The molecule has 2 unspecified atom stereocenters. The lowest BCUT2D eigenvalue weighted by Crippen LogP contribution is -2.47. The number of likely N-dealkylation sites (tertiary alicyclic amines) is 1. The fraction of sp³-hybridized carbons (Fsp3) is 0.333. The Bertz CT molecular complexity index is 1040. The molecular formula is C27H30N2O4. The van der Waals surface area contributed by atoms with Crippen LogP contribution < -0.4 is 9.47 Å². The highest BCUT2D eigenvalue weighted by atomic mass is 16.5. The molecule has 4 rings (SSSR count). The molecule has 0 saturated carbocycles. The van der Waals surface area contributed by atoms with Gasteiger partial charge in [0.05, 0.1) is 7.11 Å². The molecule has 1 aliphatic rings. The summed E-state index contributed by atoms with van der Waals surface area (Å²) in [5.41, 5.74) is 3.01. The quantitative estimate of drug-likeness (QED) is 0.505. The van der Waals surface area contributed by atoms with Crippen LogP contribution in [0.1, 0.15) is 42.1 Å². The molecule has 1 fully saturated rings. The van der Waals surface area contributed by atoms with Crippen LogP contribution in [0.3, 0.4) is 0 Å². The molecule has 0 radical (unpaired) electrons. The number of hydrogen-bond donors (Lipinski definition) is 1. The maximum Gasteiger partial charge on any atom is 0.320 e. The number of pyridine rings is 1. The second kappa shape index (κ2) is 11.0. The molecular weight excluding hydrogens is 416 g/mol. The average Bonchev–Trinajstić information content (AvgIpc) is 2.87. The van der Waals surface area contributed by atoms with Gasteiger partial charge in [-0.1, -0.05) is 48.9 Å². The Morgan fingerprint density at radius 1 is 1.09 bits per heavy atom. The van der Waals surface area contributed by atoms with Crippen LogP contribution >= 0.6 is 0 Å². The van der Waals surface area contributed by atoms with Gasteiger partial charge in [-0.15, -0.1) is 0 Å². The van der Waals surface area contributed by atoms with E-state index in [0.717, 1.165) is 36.2 Å². The number of nitrogens with zero attached hydrogens (tertiary/aromatic N) is 2. The number of carboxylic acids is 1. The number of carboxylic acid groups (broad SMARTS) is 1. The number of hydrogen-bond acceptors (Lipinski definition) is 5. The summed E-state index contributed by atoms with van der Waals surface area (Å²) in [6.45, 7) is 1.18. The van der Waals surface area contributed by atoms with Gasteiger partial charge in [-0.3, -0.25) is 14.7 Å². The first kappa shape index (κ1) is 22.8. The number of benzene rings is 2. The van der Waals surface area contributed by atoms with Gasteiger partial charge in [-0.25, -0.2) is 0 Å². The van der Waals surface area contributed by atoms with Crippen LogP contribution in [0.2, 0.25) is 0 Å². The van der Waals surface area contributed by atoms with E-state index >= 15 is 0 Å². The molecule has 3 aromatic rings. The van der Waals surface area contributed by atoms with Gasteiger partial charge in [0.15, 0.2) is 11.5 Å². The summed E-state index contributed by atoms with van der Waals surface area (Å²) in [6, 6.07) is 21.1. The number of piperidine rings is 1. The molecule has 0 aliphatic carbocycles. The minimum absolute atomic E-state index is 0.127. The molecule has 0 spiro atoms. The predicted octanol–water partition coefficient (Wildman–Crippen LogP) is 4.89. The van der Waals surface area contributed by atoms with Gasteiger partial charge in [0.2, 0.25) is 0 Å². The summed E-state index contributed by atoms with van der Waals surface area (Å²) in [5.74, 6) is 0.531. The van der Waals surface area contributed by atoms with Gasteiger partial charge in [-0.2, -0.15) is 0 Å². The lowest BCUT2D eigenvalue weighted by atomic mass is 9.93. The summed E-state index contributed by atoms with van der Waals surface area (Å²) in [6.07, 6.45) is 4.97. The van der Waals surface area contributed by atoms with E-state index in [1.165, 1.54) is 0 Å². The van der Waals surface area contributed by atoms with Crippen molar-refractivity contribution in [1.29, 1.82) is 0 Å². The van der Waals surface area contributed by atoms with E-state index in [1.54, 1.807) is 13.3 Å². The number of ether oxygens (including phenoxy) is 2. The van der Waals surface area contributed by atoms with Crippen molar-refractivity contribution >= 4 is 5.97 Å². The molecule has 172 valence electrons. The van der Waals surface area contributed by atoms with Gasteiger partial charge >= 0.3 is 5.97 Å². The van der Waals surface area contributed by atoms with Crippen molar-refractivity contribution in [3.05, 3.63) is 89.7 Å². The van der Waals surface area contributed by atoms with E-state index < -0.39 is 12.0 Å². The molecule has 2 atom stereocenters. The van der Waals surface area contributed by atoms with Crippen LogP contribution in [0.5, 0.6) is 11.5 Å². The fourth-order valence-electron chi connectivity index (χ4n) is 4.48. The molecule has 1 aliphatic heterocycles. The highest BCUT2D eigenvalue weighted by molar-refractivity contribution is 5.73. The zero-order chi connectivity index (χ0) is 23.0. The first-order valence-corrected chi connectivity index (χ1v) is 11.4. The van der Waals surface area contributed by atoms with E-state index in [2.05, 4.69) is 9.88 Å². The second-order valence-electron chi connectivity index (χ2n) is 8.31. The first-order valence-electron chi connectivity index (χ1n) is 11.4. The van der Waals surface area contributed by atoms with Gasteiger partial charge in [0.25, 0.3) is 0 Å². The third kappa shape index (κ3) is 5.71. The summed E-state index contributed by atoms with van der Waals surface area (Å²) in [4.78, 5) is 18.7. The normalized spacial score (nSPS) is 17.3. The molecule has 2 heterocycles. The largest absolute Gasteiger partial charge is 0.493 e. The Morgan fingerprint density at radius 2 is 1.91 bits per heavy atom. The van der Waals surface area contributed by atoms with Crippen molar-refractivity contribution in [2.24, 2.45) is 0 Å². The standard InChI is InChI=1S/C27H30N2O4/c1-32-26-17-21(13-14-25(26)33-19-20-9-3-2-4-10-20)24(18-22-11-5-7-15-28-22)29-16-8-6-12-23(29)27(30)31/h2-5,7,9-11,13-15,17,23-24H,6,8,12,16,18-19H2,1H3,(H,30,31). The Labute approximate surface area is 194 Å². The van der Waals surface area contributed by atoms with Crippen molar-refractivity contribution in [3.8, 4) is 11.5 Å². The van der Waals surface area contributed by atoms with Gasteiger partial charge in [0.1, 0.15) is 12.6 Å². The number of aliphatic carboxylic acids is 1. The monoisotopic (exact) mass is 446 g/mol. The summed E-state index contributed by atoms with van der Waals surface area (Å²) < 4.78 is 11.7. The van der Waals surface area contributed by atoms with E-state index in [-0.39, 0.29) is 6.04 Å². The molecule has 1 N–H and O–H groups in total. The molecule has 0 amide bonds. The SMILES string of the molecule is COc1cc(C(Cc2ccccn2)N2CCCCC2C(=O)O)ccc1OCc1ccccc1. The topological polar surface area (TPSA) is 71.9 Å². The van der Waals surface area contributed by atoms with Gasteiger partial charge < -0.3 is 14.6 Å². The van der Waals surface area contributed by atoms with Crippen LogP contribution in [0.4, 0.5) is 0 Å². The molecule has 1 saturated heterocycles. The Balaban J connectivity index is 1.63. The third-order valence-electron chi connectivity index (χ3n) is 6.17. The van der Waals surface area contributed by atoms with Crippen LogP contribution in [0, 0.1) is 0 Å². The zero-order valence-corrected chi connectivity index (χ0v) is 18.9. The Morgan fingerprint density at radius 3 is 2.64 bits per heavy atom. The predicted molar refractivity (Wildman–Crippen MR) is 126 cm³/mol. The van der Waals surface area contributed by atoms with E-state index in [4.69, 9.17) is 9.47 Å². The summed E-state index contributed by atoms with van der Waals surface area (Å²) >= 11 is 0. The van der Waals surface area contributed by atoms with E-state index in [0.29, 0.717) is 30.9 Å². The molecule has 6 heteroatoms. The minimum Gasteiger partial charge on any atom is -0.493 e. The lowest BCUT2D eigenvalue weighted by Gasteiger charge is -2.39. The molecule has 0 bridgehead atoms. The number of aromatic nitrogens is 1. The van der Waals surface area contributed by atoms with Gasteiger partial charge in [0, 0.05) is 24.4 Å². The zero-order valence-electron chi connectivity index (χ0n) is 18.9. The van der Waals surface area contributed by atoms with Crippen LogP contribution in [0.15, 0.2) is 72.9 Å². The molecule has 1 aromatic heterocycles. The van der Waals surface area contributed by atoms with Crippen LogP contribution in [0.25, 0.3) is 0 Å². The summed E-state index contributed by atoms with van der Waals surface area (Å²) in [5, 5.41) is 9.89. The van der Waals surface area contributed by atoms with Crippen LogP contribution in [-0.4, -0.2) is 40.7 Å². The Hall–Kier alpha value is -3.38. The fourth-order valence-corrected chi connectivity index (χ4v) is 4.48. The highest BCUT2D eigenvalue weighted by Crippen LogP contribution is 2.36. The van der Waals surface area contributed by atoms with Crippen molar-refractivity contribution in [2.45, 2.75) is 44.4 Å². The second-order valence-corrected chi connectivity index (χ2v) is 8.31. The van der Waals surface area contributed by atoms with E-state index in [9.17, 15) is 9.90 Å². The minimum atomic E-state index is -0.768. The molecule has 2 aromatic carbocycles. The van der Waals surface area contributed by atoms with Crippen molar-refractivity contribution < 1.29 is 19.4 Å². The number of carbonyl (C=O) groups is 1. The average molecular weight is 447 g/mol. The van der Waals surface area contributed by atoms with Gasteiger partial charge in [-0.05, 0) is 54.8 Å². The number of rotatable bonds is 9. The van der Waals surface area contributed by atoms with Crippen molar-refractivity contribution in [3.63, 3.8) is 0 Å². The number of methoxy groups -OCH3 is 1. The first-order chi connectivity index (χ1) is 16.2. The Kier molecular flexibility index (Phi) is 7.58.